The molecule has 1 aromatic carbocycles. The third-order valence-corrected chi connectivity index (χ3v) is 7.38. The number of anilines is 1. The Hall–Kier alpha value is -2.36. The van der Waals surface area contributed by atoms with Gasteiger partial charge in [-0.25, -0.2) is 10.9 Å². The summed E-state index contributed by atoms with van der Waals surface area (Å²) in [6.07, 6.45) is 2.66. The first-order chi connectivity index (χ1) is 14.2. The number of hydrazone groups is 1. The van der Waals surface area contributed by atoms with Gasteiger partial charge in [-0.1, -0.05) is 36.0 Å². The largest absolute Gasteiger partial charge is 0.311 e. The van der Waals surface area contributed by atoms with Gasteiger partial charge in [-0.15, -0.1) is 16.4 Å². The number of nitrogens with one attached hydrogen (secondary N) is 2. The molecule has 2 atom stereocenters. The van der Waals surface area contributed by atoms with Crippen LogP contribution < -0.4 is 15.8 Å². The van der Waals surface area contributed by atoms with E-state index in [1.807, 2.05) is 39.6 Å². The van der Waals surface area contributed by atoms with Crippen molar-refractivity contribution in [2.24, 2.45) is 5.10 Å². The average Bonchev–Trinajstić information content (AvgIpc) is 3.43. The number of aryl methyl sites for hydroxylation is 1. The van der Waals surface area contributed by atoms with E-state index in [4.69, 9.17) is 0 Å². The molecule has 4 heterocycles. The molecule has 0 radical (unpaired) electrons. The van der Waals surface area contributed by atoms with E-state index in [-0.39, 0.29) is 29.7 Å². The van der Waals surface area contributed by atoms with E-state index < -0.39 is 0 Å². The second-order valence-corrected chi connectivity index (χ2v) is 9.18. The van der Waals surface area contributed by atoms with Gasteiger partial charge in [0.05, 0.1) is 11.8 Å². The van der Waals surface area contributed by atoms with E-state index in [9.17, 15) is 9.59 Å². The molecule has 0 spiro atoms. The number of carbonyl (C=O) groups is 2. The van der Waals surface area contributed by atoms with Crippen molar-refractivity contribution in [1.29, 1.82) is 0 Å². The lowest BCUT2D eigenvalue weighted by Crippen LogP contribution is -2.52. The first kappa shape index (κ1) is 18.7. The second-order valence-electron chi connectivity index (χ2n) is 7.26. The zero-order valence-corrected chi connectivity index (χ0v) is 17.3. The number of hydrogen-bond acceptors (Lipinski definition) is 7. The van der Waals surface area contributed by atoms with Crippen LogP contribution >= 0.6 is 23.1 Å². The Kier molecular flexibility index (Phi) is 5.03. The fourth-order valence-corrected chi connectivity index (χ4v) is 5.67. The van der Waals surface area contributed by atoms with Crippen LogP contribution in [0.5, 0.6) is 0 Å². The van der Waals surface area contributed by atoms with Crippen LogP contribution in [0.2, 0.25) is 0 Å². The summed E-state index contributed by atoms with van der Waals surface area (Å²) < 4.78 is 0. The first-order valence-electron chi connectivity index (χ1n) is 9.68. The van der Waals surface area contributed by atoms with Gasteiger partial charge in [0, 0.05) is 23.5 Å². The lowest BCUT2D eigenvalue weighted by Gasteiger charge is -2.31. The lowest BCUT2D eigenvalue weighted by atomic mass is 10.0. The van der Waals surface area contributed by atoms with Gasteiger partial charge in [0.1, 0.15) is 6.04 Å². The van der Waals surface area contributed by atoms with Crippen molar-refractivity contribution < 1.29 is 9.59 Å². The van der Waals surface area contributed by atoms with E-state index in [2.05, 4.69) is 28.1 Å². The minimum absolute atomic E-state index is 0.0623. The predicted octanol–water partition coefficient (Wildman–Crippen LogP) is 2.48. The number of hydrazine groups is 1. The number of fused-ring (bicyclic) bond motifs is 2. The van der Waals surface area contributed by atoms with Crippen molar-refractivity contribution in [3.8, 4) is 0 Å². The molecular formula is C20H21N5O2S2. The maximum absolute atomic E-state index is 12.9. The van der Waals surface area contributed by atoms with E-state index in [0.717, 1.165) is 25.1 Å². The molecule has 2 N–H and O–H groups in total. The fraction of sp³-hybridized carbons (Fsp3) is 0.350. The Balaban J connectivity index is 1.27. The first-order valence-corrected chi connectivity index (χ1v) is 11.5. The fourth-order valence-electron chi connectivity index (χ4n) is 4.05. The number of nitrogens with zero attached hydrogens (tertiary/aromatic N) is 3. The third kappa shape index (κ3) is 3.54. The molecule has 0 bridgehead atoms. The quantitative estimate of drug-likeness (QED) is 0.787. The highest BCUT2D eigenvalue weighted by Crippen LogP contribution is 2.33. The van der Waals surface area contributed by atoms with Gasteiger partial charge in [-0.05, 0) is 35.9 Å². The van der Waals surface area contributed by atoms with Gasteiger partial charge in [0.2, 0.25) is 5.91 Å². The molecule has 5 rings (SSSR count). The number of carbonyl (C=O) groups excluding carboxylic acids is 2. The highest BCUT2D eigenvalue weighted by molar-refractivity contribution is 8.14. The SMILES string of the molecule is O=C1NN=C(SCC(=O)N2CCCc3ccccc32)N2NC(c3cccs3)CC12. The summed E-state index contributed by atoms with van der Waals surface area (Å²) in [4.78, 5) is 28.3. The summed E-state index contributed by atoms with van der Waals surface area (Å²) in [5.74, 6) is 0.224. The van der Waals surface area contributed by atoms with E-state index in [1.165, 1.54) is 22.2 Å². The molecular weight excluding hydrogens is 406 g/mol. The Morgan fingerprint density at radius 3 is 3.03 bits per heavy atom. The number of hydrogen-bond donors (Lipinski definition) is 2. The average molecular weight is 428 g/mol. The van der Waals surface area contributed by atoms with Crippen molar-refractivity contribution in [1.82, 2.24) is 15.9 Å². The number of rotatable bonds is 3. The maximum atomic E-state index is 12.9. The van der Waals surface area contributed by atoms with Crippen LogP contribution in [-0.2, 0) is 16.0 Å². The van der Waals surface area contributed by atoms with Crippen molar-refractivity contribution in [2.45, 2.75) is 31.3 Å². The van der Waals surface area contributed by atoms with Crippen molar-refractivity contribution in [3.63, 3.8) is 0 Å². The van der Waals surface area contributed by atoms with Crippen LogP contribution in [-0.4, -0.2) is 40.3 Å². The van der Waals surface area contributed by atoms with Crippen molar-refractivity contribution in [3.05, 3.63) is 52.2 Å². The van der Waals surface area contributed by atoms with Crippen LogP contribution in [0.25, 0.3) is 0 Å². The topological polar surface area (TPSA) is 77.0 Å². The normalized spacial score (nSPS) is 23.3. The molecule has 2 unspecified atom stereocenters. The monoisotopic (exact) mass is 427 g/mol. The third-order valence-electron chi connectivity index (χ3n) is 5.46. The Morgan fingerprint density at radius 1 is 1.28 bits per heavy atom. The molecule has 2 amide bonds. The summed E-state index contributed by atoms with van der Waals surface area (Å²) in [6.45, 7) is 0.741. The summed E-state index contributed by atoms with van der Waals surface area (Å²) in [5.41, 5.74) is 8.25. The standard InChI is InChI=1S/C20H21N5O2S2/c26-18(24-9-3-6-13-5-1-2-7-15(13)24)12-29-20-22-21-19(27)16-11-14(23-25(16)20)17-8-4-10-28-17/h1-2,4-5,7-8,10,14,16,23H,3,6,9,11-12H2,(H,21,27). The Labute approximate surface area is 177 Å². The van der Waals surface area contributed by atoms with E-state index in [1.54, 1.807) is 11.3 Å². The van der Waals surface area contributed by atoms with Crippen LogP contribution in [0.3, 0.4) is 0 Å². The van der Waals surface area contributed by atoms with Gasteiger partial charge in [0.25, 0.3) is 5.91 Å². The molecule has 3 aliphatic heterocycles. The number of para-hydroxylation sites is 1. The van der Waals surface area contributed by atoms with Gasteiger partial charge < -0.3 is 4.90 Å². The molecule has 9 heteroatoms. The summed E-state index contributed by atoms with van der Waals surface area (Å²) in [5, 5.41) is 8.70. The maximum Gasteiger partial charge on any atom is 0.264 e. The van der Waals surface area contributed by atoms with Crippen LogP contribution in [0, 0.1) is 0 Å². The molecule has 2 aromatic rings. The molecule has 29 heavy (non-hydrogen) atoms. The van der Waals surface area contributed by atoms with Crippen LogP contribution in [0.1, 0.15) is 29.3 Å². The second kappa shape index (κ2) is 7.81. The smallest absolute Gasteiger partial charge is 0.264 e. The molecule has 0 saturated carbocycles. The number of amidine groups is 1. The highest BCUT2D eigenvalue weighted by Gasteiger charge is 2.42. The van der Waals surface area contributed by atoms with Gasteiger partial charge >= 0.3 is 0 Å². The molecule has 0 aliphatic carbocycles. The number of thiophene rings is 1. The van der Waals surface area contributed by atoms with E-state index >= 15 is 0 Å². The predicted molar refractivity (Wildman–Crippen MR) is 116 cm³/mol. The number of benzene rings is 1. The Bertz CT molecular complexity index is 962. The van der Waals surface area contributed by atoms with Gasteiger partial charge in [-0.3, -0.25) is 14.6 Å². The number of amides is 2. The molecule has 150 valence electrons. The minimum Gasteiger partial charge on any atom is -0.311 e. The summed E-state index contributed by atoms with van der Waals surface area (Å²) in [6, 6.07) is 11.9. The van der Waals surface area contributed by atoms with Crippen LogP contribution in [0.4, 0.5) is 5.69 Å². The van der Waals surface area contributed by atoms with Crippen molar-refractivity contribution >= 4 is 45.8 Å². The van der Waals surface area contributed by atoms with E-state index in [0.29, 0.717) is 11.6 Å². The zero-order chi connectivity index (χ0) is 19.8. The van der Waals surface area contributed by atoms with Gasteiger partial charge in [-0.2, -0.15) is 0 Å². The molecule has 1 aromatic heterocycles. The summed E-state index contributed by atoms with van der Waals surface area (Å²) in [7, 11) is 0. The lowest BCUT2D eigenvalue weighted by molar-refractivity contribution is -0.125. The molecule has 1 saturated heterocycles. The van der Waals surface area contributed by atoms with Gasteiger partial charge in [0.15, 0.2) is 5.17 Å². The summed E-state index contributed by atoms with van der Waals surface area (Å²) >= 11 is 3.03. The number of thioether (sulfide) groups is 1. The zero-order valence-electron chi connectivity index (χ0n) is 15.7. The molecule has 1 fully saturated rings. The minimum atomic E-state index is -0.312. The molecule has 7 nitrogen and oxygen atoms in total. The molecule has 3 aliphatic rings. The Morgan fingerprint density at radius 2 is 2.17 bits per heavy atom. The van der Waals surface area contributed by atoms with Crippen molar-refractivity contribution in [2.75, 3.05) is 17.2 Å². The highest BCUT2D eigenvalue weighted by atomic mass is 32.2. The van der Waals surface area contributed by atoms with Crippen LogP contribution in [0.15, 0.2) is 46.9 Å².